The zero-order valence-corrected chi connectivity index (χ0v) is 7.57. The van der Waals surface area contributed by atoms with E-state index >= 15 is 0 Å². The van der Waals surface area contributed by atoms with Crippen LogP contribution < -0.4 is 9.86 Å². The monoisotopic (exact) mass is 212 g/mol. The maximum absolute atomic E-state index is 10.4. The van der Waals surface area contributed by atoms with E-state index in [1.807, 2.05) is 4.72 Å². The summed E-state index contributed by atoms with van der Waals surface area (Å²) in [7, 11) is -3.78. The Hall–Kier alpha value is -0.250. The number of nitrogens with two attached hydrogens (primary N) is 1. The molecule has 3 atom stereocenters. The molecule has 1 heterocycles. The average molecular weight is 212 g/mol. The van der Waals surface area contributed by atoms with Crippen molar-refractivity contribution in [2.45, 2.75) is 18.3 Å². The van der Waals surface area contributed by atoms with Crippen molar-refractivity contribution in [1.82, 2.24) is 4.72 Å². The minimum Gasteiger partial charge on any atom is -0.388 e. The number of nitrogens with one attached hydrogen (secondary N) is 1. The third-order valence-electron chi connectivity index (χ3n) is 1.74. The molecule has 0 aliphatic carbocycles. The van der Waals surface area contributed by atoms with Crippen LogP contribution in [0.25, 0.3) is 0 Å². The van der Waals surface area contributed by atoms with Crippen LogP contribution in [0.5, 0.6) is 0 Å². The van der Waals surface area contributed by atoms with Crippen molar-refractivity contribution in [2.24, 2.45) is 5.14 Å². The zero-order valence-electron chi connectivity index (χ0n) is 6.75. The second-order valence-corrected chi connectivity index (χ2v) is 4.20. The molecule has 1 fully saturated rings. The first-order chi connectivity index (χ1) is 5.90. The summed E-state index contributed by atoms with van der Waals surface area (Å²) in [5.74, 6) is 0. The van der Waals surface area contributed by atoms with E-state index in [1.165, 1.54) is 0 Å². The second-order valence-electron chi connectivity index (χ2n) is 2.82. The maximum atomic E-state index is 10.4. The van der Waals surface area contributed by atoms with Gasteiger partial charge in [-0.15, -0.1) is 0 Å². The lowest BCUT2D eigenvalue weighted by Crippen LogP contribution is -2.41. The fourth-order valence-electron chi connectivity index (χ4n) is 1.05. The molecule has 1 unspecified atom stereocenters. The van der Waals surface area contributed by atoms with Crippen LogP contribution in [0.4, 0.5) is 0 Å². The molecule has 0 saturated carbocycles. The van der Waals surface area contributed by atoms with Gasteiger partial charge in [-0.05, 0) is 0 Å². The van der Waals surface area contributed by atoms with E-state index in [9.17, 15) is 13.5 Å². The Bertz CT molecular complexity index is 266. The summed E-state index contributed by atoms with van der Waals surface area (Å²) in [6, 6.07) is 0. The Morgan fingerprint density at radius 3 is 2.54 bits per heavy atom. The van der Waals surface area contributed by atoms with E-state index in [0.29, 0.717) is 0 Å². The van der Waals surface area contributed by atoms with Crippen molar-refractivity contribution >= 4 is 10.2 Å². The molecule has 78 valence electrons. The Morgan fingerprint density at radius 2 is 2.15 bits per heavy atom. The Labute approximate surface area is 75.7 Å². The van der Waals surface area contributed by atoms with Gasteiger partial charge in [0.25, 0.3) is 10.2 Å². The largest absolute Gasteiger partial charge is 0.388 e. The van der Waals surface area contributed by atoms with Crippen molar-refractivity contribution in [3.8, 4) is 0 Å². The number of rotatable bonds is 3. The highest BCUT2D eigenvalue weighted by Gasteiger charge is 2.34. The highest BCUT2D eigenvalue weighted by molar-refractivity contribution is 7.87. The molecule has 8 heteroatoms. The van der Waals surface area contributed by atoms with Gasteiger partial charge >= 0.3 is 0 Å². The normalized spacial score (nSPS) is 35.2. The summed E-state index contributed by atoms with van der Waals surface area (Å²) < 4.78 is 27.7. The summed E-state index contributed by atoms with van der Waals surface area (Å²) in [5, 5.41) is 22.9. The van der Waals surface area contributed by atoms with Crippen molar-refractivity contribution < 1.29 is 23.4 Å². The van der Waals surface area contributed by atoms with E-state index in [0.717, 1.165) is 0 Å². The summed E-state index contributed by atoms with van der Waals surface area (Å²) in [6.45, 7) is -0.144. The molecule has 0 spiro atoms. The molecule has 1 rings (SSSR count). The van der Waals surface area contributed by atoms with Crippen LogP contribution in [0.3, 0.4) is 0 Å². The topological polar surface area (TPSA) is 122 Å². The molecular weight excluding hydrogens is 200 g/mol. The van der Waals surface area contributed by atoms with Gasteiger partial charge in [-0.25, -0.2) is 5.14 Å². The van der Waals surface area contributed by atoms with E-state index in [-0.39, 0.29) is 13.2 Å². The number of hydrogen-bond donors (Lipinski definition) is 4. The number of ether oxygens (including phenoxy) is 1. The van der Waals surface area contributed by atoms with Gasteiger partial charge in [0.2, 0.25) is 0 Å². The molecule has 1 saturated heterocycles. The summed E-state index contributed by atoms with van der Waals surface area (Å²) in [6.07, 6.45) is -2.78. The SMILES string of the molecule is NS(=O)(=O)NCC1OC[C@H](O)[C@@H]1O. The van der Waals surface area contributed by atoms with Crippen molar-refractivity contribution in [2.75, 3.05) is 13.2 Å². The Balaban J connectivity index is 2.39. The minimum absolute atomic E-state index is 0.00185. The minimum atomic E-state index is -3.78. The number of hydrogen-bond acceptors (Lipinski definition) is 5. The number of aliphatic hydroxyl groups excluding tert-OH is 2. The first-order valence-electron chi connectivity index (χ1n) is 3.65. The highest BCUT2D eigenvalue weighted by Crippen LogP contribution is 2.13. The van der Waals surface area contributed by atoms with E-state index < -0.39 is 28.5 Å². The lowest BCUT2D eigenvalue weighted by Gasteiger charge is -2.14. The third-order valence-corrected chi connectivity index (χ3v) is 2.31. The Morgan fingerprint density at radius 1 is 1.54 bits per heavy atom. The zero-order chi connectivity index (χ0) is 10.1. The fraction of sp³-hybridized carbons (Fsp3) is 1.00. The van der Waals surface area contributed by atoms with Crippen LogP contribution in [0.2, 0.25) is 0 Å². The van der Waals surface area contributed by atoms with Crippen LogP contribution in [0.1, 0.15) is 0 Å². The van der Waals surface area contributed by atoms with E-state index in [2.05, 4.69) is 5.14 Å². The van der Waals surface area contributed by atoms with Crippen LogP contribution >= 0.6 is 0 Å². The van der Waals surface area contributed by atoms with Gasteiger partial charge < -0.3 is 14.9 Å². The first-order valence-corrected chi connectivity index (χ1v) is 5.20. The molecule has 13 heavy (non-hydrogen) atoms. The van der Waals surface area contributed by atoms with E-state index in [1.54, 1.807) is 0 Å². The molecular formula is C5H12N2O5S. The van der Waals surface area contributed by atoms with Crippen molar-refractivity contribution in [1.29, 1.82) is 0 Å². The molecule has 0 bridgehead atoms. The van der Waals surface area contributed by atoms with Gasteiger partial charge in [-0.2, -0.15) is 13.1 Å². The third kappa shape index (κ3) is 3.18. The summed E-state index contributed by atoms with van der Waals surface area (Å²) >= 11 is 0. The maximum Gasteiger partial charge on any atom is 0.274 e. The summed E-state index contributed by atoms with van der Waals surface area (Å²) in [4.78, 5) is 0. The highest BCUT2D eigenvalue weighted by atomic mass is 32.2. The quantitative estimate of drug-likeness (QED) is 0.395. The van der Waals surface area contributed by atoms with Crippen LogP contribution in [0, 0.1) is 0 Å². The fourth-order valence-corrected chi connectivity index (χ4v) is 1.44. The van der Waals surface area contributed by atoms with Crippen LogP contribution in [-0.4, -0.2) is 50.1 Å². The lowest BCUT2D eigenvalue weighted by atomic mass is 10.1. The van der Waals surface area contributed by atoms with E-state index in [4.69, 9.17) is 9.84 Å². The molecule has 0 radical (unpaired) electrons. The molecule has 5 N–H and O–H groups in total. The van der Waals surface area contributed by atoms with Crippen LogP contribution in [-0.2, 0) is 14.9 Å². The lowest BCUT2D eigenvalue weighted by molar-refractivity contribution is 0.0260. The Kier molecular flexibility index (Phi) is 3.22. The standard InChI is InChI=1S/C5H12N2O5S/c6-13(10,11)7-1-4-5(9)3(8)2-12-4/h3-5,7-9H,1-2H2,(H2,6,10,11)/t3-,4?,5-/m0/s1. The predicted molar refractivity (Wildman–Crippen MR) is 42.9 cm³/mol. The van der Waals surface area contributed by atoms with Crippen LogP contribution in [0.15, 0.2) is 0 Å². The predicted octanol–water partition coefficient (Wildman–Crippen LogP) is -3.10. The number of aliphatic hydroxyl groups is 2. The van der Waals surface area contributed by atoms with Crippen molar-refractivity contribution in [3.05, 3.63) is 0 Å². The van der Waals surface area contributed by atoms with Crippen molar-refractivity contribution in [3.63, 3.8) is 0 Å². The summed E-state index contributed by atoms with van der Waals surface area (Å²) in [5.41, 5.74) is 0. The first kappa shape index (κ1) is 10.8. The molecule has 0 amide bonds. The van der Waals surface area contributed by atoms with Gasteiger partial charge in [0.15, 0.2) is 0 Å². The molecule has 1 aliphatic rings. The smallest absolute Gasteiger partial charge is 0.274 e. The molecule has 7 nitrogen and oxygen atoms in total. The molecule has 1 aliphatic heterocycles. The molecule has 0 aromatic carbocycles. The second kappa shape index (κ2) is 3.86. The molecule has 0 aromatic rings. The van der Waals surface area contributed by atoms with Gasteiger partial charge in [0, 0.05) is 6.54 Å². The van der Waals surface area contributed by atoms with Gasteiger partial charge in [-0.3, -0.25) is 0 Å². The molecule has 0 aromatic heterocycles. The van der Waals surface area contributed by atoms with Gasteiger partial charge in [0.1, 0.15) is 12.2 Å². The van der Waals surface area contributed by atoms with Gasteiger partial charge in [-0.1, -0.05) is 0 Å². The average Bonchev–Trinajstić information content (AvgIpc) is 2.29. The van der Waals surface area contributed by atoms with Gasteiger partial charge in [0.05, 0.1) is 12.7 Å².